The Morgan fingerprint density at radius 3 is 2.86 bits per heavy atom. The van der Waals surface area contributed by atoms with Gasteiger partial charge < -0.3 is 5.11 Å². The van der Waals surface area contributed by atoms with Crippen molar-refractivity contribution >= 4 is 22.6 Å². The summed E-state index contributed by atoms with van der Waals surface area (Å²) >= 11 is 2.25. The number of rotatable bonds is 4. The summed E-state index contributed by atoms with van der Waals surface area (Å²) in [6, 6.07) is 7.95. The zero-order chi connectivity index (χ0) is 10.6. The van der Waals surface area contributed by atoms with Gasteiger partial charge in [-0.1, -0.05) is 31.2 Å². The topological polar surface area (TPSA) is 20.2 Å². The fourth-order valence-electron chi connectivity index (χ4n) is 1.25. The molecular formula is C12H15IO. The predicted octanol–water partition coefficient (Wildman–Crippen LogP) is 3.68. The van der Waals surface area contributed by atoms with Crippen molar-refractivity contribution in [1.82, 2.24) is 0 Å². The van der Waals surface area contributed by atoms with Gasteiger partial charge in [-0.3, -0.25) is 0 Å². The Kier molecular flexibility index (Phi) is 4.62. The van der Waals surface area contributed by atoms with Crippen molar-refractivity contribution in [1.29, 1.82) is 0 Å². The van der Waals surface area contributed by atoms with Crippen molar-refractivity contribution in [2.24, 2.45) is 0 Å². The monoisotopic (exact) mass is 302 g/mol. The highest BCUT2D eigenvalue weighted by atomic mass is 127. The molecule has 1 aromatic carbocycles. The maximum Gasteiger partial charge on any atom is 0.0827 e. The average Bonchev–Trinajstić information content (AvgIpc) is 2.17. The average molecular weight is 302 g/mol. The summed E-state index contributed by atoms with van der Waals surface area (Å²) in [6.07, 6.45) is 1.19. The van der Waals surface area contributed by atoms with E-state index in [0.29, 0.717) is 6.42 Å². The second-order valence-electron chi connectivity index (χ2n) is 3.38. The SMILES string of the molecule is C=C(CC)CC(O)c1cccc(I)c1. The van der Waals surface area contributed by atoms with Crippen LogP contribution in [0.2, 0.25) is 0 Å². The van der Waals surface area contributed by atoms with Crippen molar-refractivity contribution in [3.63, 3.8) is 0 Å². The Morgan fingerprint density at radius 1 is 1.57 bits per heavy atom. The smallest absolute Gasteiger partial charge is 0.0827 e. The van der Waals surface area contributed by atoms with Gasteiger partial charge in [-0.25, -0.2) is 0 Å². The van der Waals surface area contributed by atoms with Gasteiger partial charge in [-0.15, -0.1) is 0 Å². The van der Waals surface area contributed by atoms with E-state index in [1.807, 2.05) is 24.3 Å². The van der Waals surface area contributed by atoms with E-state index in [1.54, 1.807) is 0 Å². The van der Waals surface area contributed by atoms with Gasteiger partial charge in [0.1, 0.15) is 0 Å². The van der Waals surface area contributed by atoms with Gasteiger partial charge in [0, 0.05) is 3.57 Å². The molecule has 76 valence electrons. The standard InChI is InChI=1S/C12H15IO/c1-3-9(2)7-12(14)10-5-4-6-11(13)8-10/h4-6,8,12,14H,2-3,7H2,1H3. The van der Waals surface area contributed by atoms with Crippen LogP contribution in [0.3, 0.4) is 0 Å². The molecule has 0 fully saturated rings. The fourth-order valence-corrected chi connectivity index (χ4v) is 1.82. The molecule has 0 spiro atoms. The number of aliphatic hydroxyl groups is 1. The molecule has 1 rings (SSSR count). The van der Waals surface area contributed by atoms with Crippen molar-refractivity contribution in [3.05, 3.63) is 45.6 Å². The molecule has 1 unspecified atom stereocenters. The van der Waals surface area contributed by atoms with Crippen LogP contribution in [-0.2, 0) is 0 Å². The van der Waals surface area contributed by atoms with Gasteiger partial charge in [-0.05, 0) is 53.1 Å². The Hall–Kier alpha value is -0.350. The third-order valence-corrected chi connectivity index (χ3v) is 2.89. The first-order valence-electron chi connectivity index (χ1n) is 4.73. The molecule has 0 aromatic heterocycles. The summed E-state index contributed by atoms with van der Waals surface area (Å²) in [5, 5.41) is 9.88. The first kappa shape index (κ1) is 11.7. The largest absolute Gasteiger partial charge is 0.388 e. The lowest BCUT2D eigenvalue weighted by Gasteiger charge is -2.12. The third kappa shape index (κ3) is 3.42. The highest BCUT2D eigenvalue weighted by Gasteiger charge is 2.08. The summed E-state index contributed by atoms with van der Waals surface area (Å²) in [7, 11) is 0. The second-order valence-corrected chi connectivity index (χ2v) is 4.62. The molecule has 1 nitrogen and oxygen atoms in total. The Bertz CT molecular complexity index is 320. The maximum absolute atomic E-state index is 9.88. The third-order valence-electron chi connectivity index (χ3n) is 2.22. The predicted molar refractivity (Wildman–Crippen MR) is 68.2 cm³/mol. The molecule has 14 heavy (non-hydrogen) atoms. The molecule has 1 atom stereocenters. The minimum Gasteiger partial charge on any atom is -0.388 e. The number of benzene rings is 1. The van der Waals surface area contributed by atoms with Gasteiger partial charge >= 0.3 is 0 Å². The molecule has 0 saturated heterocycles. The Morgan fingerprint density at radius 2 is 2.29 bits per heavy atom. The van der Waals surface area contributed by atoms with Gasteiger partial charge in [0.25, 0.3) is 0 Å². The number of aliphatic hydroxyl groups excluding tert-OH is 1. The molecule has 2 heteroatoms. The quantitative estimate of drug-likeness (QED) is 0.664. The molecule has 0 aliphatic carbocycles. The Labute approximate surface area is 99.0 Å². The zero-order valence-electron chi connectivity index (χ0n) is 8.33. The Balaban J connectivity index is 2.69. The zero-order valence-corrected chi connectivity index (χ0v) is 10.5. The molecule has 1 aromatic rings. The van der Waals surface area contributed by atoms with Crippen molar-refractivity contribution in [2.45, 2.75) is 25.9 Å². The minimum absolute atomic E-state index is 0.405. The lowest BCUT2D eigenvalue weighted by molar-refractivity contribution is 0.177. The molecule has 0 radical (unpaired) electrons. The molecule has 0 saturated carbocycles. The van der Waals surface area contributed by atoms with Crippen LogP contribution in [0.25, 0.3) is 0 Å². The van der Waals surface area contributed by atoms with E-state index in [-0.39, 0.29) is 0 Å². The molecule has 0 heterocycles. The summed E-state index contributed by atoms with van der Waals surface area (Å²) < 4.78 is 1.15. The van der Waals surface area contributed by atoms with Crippen LogP contribution >= 0.6 is 22.6 Å². The molecule has 0 aliphatic rings. The highest BCUT2D eigenvalue weighted by Crippen LogP contribution is 2.22. The van der Waals surface area contributed by atoms with Gasteiger partial charge in [0.15, 0.2) is 0 Å². The van der Waals surface area contributed by atoms with E-state index in [9.17, 15) is 5.11 Å². The van der Waals surface area contributed by atoms with E-state index in [2.05, 4.69) is 36.1 Å². The van der Waals surface area contributed by atoms with E-state index < -0.39 is 6.10 Å². The van der Waals surface area contributed by atoms with Crippen LogP contribution in [0.15, 0.2) is 36.4 Å². The van der Waals surface area contributed by atoms with Crippen molar-refractivity contribution in [3.8, 4) is 0 Å². The normalized spacial score (nSPS) is 12.5. The lowest BCUT2D eigenvalue weighted by atomic mass is 10.0. The van der Waals surface area contributed by atoms with Crippen LogP contribution in [0.4, 0.5) is 0 Å². The molecule has 1 N–H and O–H groups in total. The van der Waals surface area contributed by atoms with E-state index >= 15 is 0 Å². The molecular weight excluding hydrogens is 287 g/mol. The van der Waals surface area contributed by atoms with Gasteiger partial charge in [-0.2, -0.15) is 0 Å². The molecule has 0 bridgehead atoms. The second kappa shape index (κ2) is 5.51. The summed E-state index contributed by atoms with van der Waals surface area (Å²) in [4.78, 5) is 0. The molecule has 0 aliphatic heterocycles. The summed E-state index contributed by atoms with van der Waals surface area (Å²) in [5.41, 5.74) is 2.07. The van der Waals surface area contributed by atoms with Gasteiger partial charge in [0.05, 0.1) is 6.10 Å². The number of hydrogen-bond acceptors (Lipinski definition) is 1. The van der Waals surface area contributed by atoms with Crippen LogP contribution < -0.4 is 0 Å². The van der Waals surface area contributed by atoms with Crippen LogP contribution in [-0.4, -0.2) is 5.11 Å². The van der Waals surface area contributed by atoms with E-state index in [0.717, 1.165) is 21.1 Å². The minimum atomic E-state index is -0.405. The van der Waals surface area contributed by atoms with Gasteiger partial charge in [0.2, 0.25) is 0 Å². The van der Waals surface area contributed by atoms with E-state index in [1.165, 1.54) is 0 Å². The number of hydrogen-bond donors (Lipinski definition) is 1. The maximum atomic E-state index is 9.88. The highest BCUT2D eigenvalue weighted by molar-refractivity contribution is 14.1. The van der Waals surface area contributed by atoms with Crippen molar-refractivity contribution < 1.29 is 5.11 Å². The summed E-state index contributed by atoms with van der Waals surface area (Å²) in [6.45, 7) is 5.96. The van der Waals surface area contributed by atoms with Crippen LogP contribution in [0, 0.1) is 3.57 Å². The molecule has 0 amide bonds. The number of halogens is 1. The van der Waals surface area contributed by atoms with Crippen LogP contribution in [0.1, 0.15) is 31.4 Å². The first-order chi connectivity index (χ1) is 6.63. The first-order valence-corrected chi connectivity index (χ1v) is 5.81. The summed E-state index contributed by atoms with van der Waals surface area (Å²) in [5.74, 6) is 0. The van der Waals surface area contributed by atoms with Crippen molar-refractivity contribution in [2.75, 3.05) is 0 Å². The van der Waals surface area contributed by atoms with E-state index in [4.69, 9.17) is 0 Å². The fraction of sp³-hybridized carbons (Fsp3) is 0.333. The lowest BCUT2D eigenvalue weighted by Crippen LogP contribution is -1.98. The van der Waals surface area contributed by atoms with Crippen LogP contribution in [0.5, 0.6) is 0 Å².